The zero-order valence-electron chi connectivity index (χ0n) is 10.2. The molecule has 0 saturated heterocycles. The van der Waals surface area contributed by atoms with Gasteiger partial charge in [0.1, 0.15) is 0 Å². The summed E-state index contributed by atoms with van der Waals surface area (Å²) in [7, 11) is 0. The minimum absolute atomic E-state index is 0.145. The van der Waals surface area contributed by atoms with Crippen LogP contribution in [-0.4, -0.2) is 10.9 Å². The molecule has 5 heteroatoms. The van der Waals surface area contributed by atoms with E-state index in [4.69, 9.17) is 11.6 Å². The molecule has 0 aliphatic heterocycles. The van der Waals surface area contributed by atoms with E-state index in [2.05, 4.69) is 10.3 Å². The highest BCUT2D eigenvalue weighted by Crippen LogP contribution is 2.18. The number of halogens is 1. The second-order valence-corrected chi connectivity index (χ2v) is 5.16. The van der Waals surface area contributed by atoms with Gasteiger partial charge in [0.05, 0.1) is 11.6 Å². The van der Waals surface area contributed by atoms with Crippen molar-refractivity contribution in [3.63, 3.8) is 0 Å². The van der Waals surface area contributed by atoms with Gasteiger partial charge in [0.2, 0.25) is 0 Å². The van der Waals surface area contributed by atoms with Crippen LogP contribution < -0.4 is 5.32 Å². The minimum Gasteiger partial charge on any atom is -0.298 e. The van der Waals surface area contributed by atoms with Gasteiger partial charge >= 0.3 is 0 Å². The highest BCUT2D eigenvalue weighted by atomic mass is 35.5. The maximum absolute atomic E-state index is 12.0. The Labute approximate surface area is 115 Å². The summed E-state index contributed by atoms with van der Waals surface area (Å²) in [6, 6.07) is 5.63. The lowest BCUT2D eigenvalue weighted by Crippen LogP contribution is -2.12. The number of hydrogen-bond donors (Lipinski definition) is 1. The first-order chi connectivity index (χ1) is 8.60. The number of aryl methyl sites for hydroxylation is 2. The van der Waals surface area contributed by atoms with Crippen LogP contribution in [0, 0.1) is 13.8 Å². The lowest BCUT2D eigenvalue weighted by atomic mass is 10.1. The molecule has 0 unspecified atom stereocenters. The maximum atomic E-state index is 12.0. The van der Waals surface area contributed by atoms with Crippen molar-refractivity contribution in [2.45, 2.75) is 19.7 Å². The molecule has 1 N–H and O–H groups in total. The summed E-state index contributed by atoms with van der Waals surface area (Å²) in [6.45, 7) is 4.01. The fraction of sp³-hybridized carbons (Fsp3) is 0.231. The topological polar surface area (TPSA) is 42.0 Å². The molecule has 94 valence electrons. The van der Waals surface area contributed by atoms with E-state index >= 15 is 0 Å². The van der Waals surface area contributed by atoms with Crippen LogP contribution in [0.15, 0.2) is 23.6 Å². The molecule has 18 heavy (non-hydrogen) atoms. The van der Waals surface area contributed by atoms with Crippen molar-refractivity contribution < 1.29 is 4.79 Å². The summed E-state index contributed by atoms with van der Waals surface area (Å²) in [5, 5.41) is 5.18. The zero-order chi connectivity index (χ0) is 13.1. The summed E-state index contributed by atoms with van der Waals surface area (Å²) in [6.07, 6.45) is 0. The minimum atomic E-state index is -0.145. The van der Waals surface area contributed by atoms with Crippen LogP contribution in [-0.2, 0) is 5.88 Å². The van der Waals surface area contributed by atoms with Crippen LogP contribution in [0.2, 0.25) is 0 Å². The van der Waals surface area contributed by atoms with Crippen LogP contribution in [0.25, 0.3) is 0 Å². The van der Waals surface area contributed by atoms with Gasteiger partial charge in [-0.25, -0.2) is 4.98 Å². The maximum Gasteiger partial charge on any atom is 0.257 e. The third-order valence-corrected chi connectivity index (χ3v) is 3.76. The number of anilines is 1. The van der Waals surface area contributed by atoms with Gasteiger partial charge < -0.3 is 0 Å². The second kappa shape index (κ2) is 5.50. The fourth-order valence-corrected chi connectivity index (χ4v) is 2.41. The summed E-state index contributed by atoms with van der Waals surface area (Å²) < 4.78 is 0. The zero-order valence-corrected chi connectivity index (χ0v) is 11.7. The highest BCUT2D eigenvalue weighted by molar-refractivity contribution is 7.14. The molecule has 3 nitrogen and oxygen atoms in total. The van der Waals surface area contributed by atoms with Crippen molar-refractivity contribution in [1.29, 1.82) is 0 Å². The van der Waals surface area contributed by atoms with Crippen molar-refractivity contribution in [1.82, 2.24) is 4.98 Å². The lowest BCUT2D eigenvalue weighted by Gasteiger charge is -2.04. The van der Waals surface area contributed by atoms with Crippen molar-refractivity contribution in [3.05, 3.63) is 46.0 Å². The molecule has 1 heterocycles. The van der Waals surface area contributed by atoms with E-state index in [0.29, 0.717) is 16.6 Å². The molecule has 0 radical (unpaired) electrons. The van der Waals surface area contributed by atoms with Gasteiger partial charge in [-0.2, -0.15) is 0 Å². The molecule has 0 spiro atoms. The Morgan fingerprint density at radius 1 is 1.39 bits per heavy atom. The Bertz CT molecular complexity index is 580. The van der Waals surface area contributed by atoms with Gasteiger partial charge in [0.25, 0.3) is 5.91 Å². The number of nitrogens with one attached hydrogen (secondary N) is 1. The van der Waals surface area contributed by atoms with E-state index in [1.54, 1.807) is 0 Å². The van der Waals surface area contributed by atoms with Gasteiger partial charge in [-0.15, -0.1) is 22.9 Å². The Hall–Kier alpha value is -1.39. The number of hydrogen-bond acceptors (Lipinski definition) is 3. The first-order valence-electron chi connectivity index (χ1n) is 5.49. The fourth-order valence-electron chi connectivity index (χ4n) is 1.48. The van der Waals surface area contributed by atoms with E-state index in [1.165, 1.54) is 16.9 Å². The molecular formula is C13H13ClN2OS. The van der Waals surface area contributed by atoms with Crippen LogP contribution in [0.4, 0.5) is 5.13 Å². The smallest absolute Gasteiger partial charge is 0.257 e. The molecule has 0 atom stereocenters. The molecule has 1 amide bonds. The number of aromatic nitrogens is 1. The van der Waals surface area contributed by atoms with Crippen LogP contribution >= 0.6 is 22.9 Å². The standard InChI is InChI=1S/C13H13ClN2OS/c1-8-3-4-10(5-9(8)2)12(17)16-13-15-11(6-14)7-18-13/h3-5,7H,6H2,1-2H3,(H,15,16,17). The molecule has 2 rings (SSSR count). The Morgan fingerprint density at radius 2 is 2.17 bits per heavy atom. The summed E-state index contributed by atoms with van der Waals surface area (Å²) >= 11 is 7.04. The van der Waals surface area contributed by atoms with Crippen molar-refractivity contribution in [2.75, 3.05) is 5.32 Å². The predicted octanol–water partition coefficient (Wildman–Crippen LogP) is 3.75. The van der Waals surface area contributed by atoms with Crippen LogP contribution in [0.3, 0.4) is 0 Å². The predicted molar refractivity (Wildman–Crippen MR) is 75.5 cm³/mol. The normalized spacial score (nSPS) is 10.4. The number of benzene rings is 1. The Balaban J connectivity index is 2.14. The molecule has 2 aromatic rings. The average Bonchev–Trinajstić information content (AvgIpc) is 2.80. The van der Waals surface area contributed by atoms with Gasteiger partial charge in [0.15, 0.2) is 5.13 Å². The molecule has 0 fully saturated rings. The summed E-state index contributed by atoms with van der Waals surface area (Å²) in [5.74, 6) is 0.212. The first-order valence-corrected chi connectivity index (χ1v) is 6.90. The molecule has 1 aromatic carbocycles. The van der Waals surface area contributed by atoms with E-state index in [9.17, 15) is 4.79 Å². The number of carbonyl (C=O) groups excluding carboxylic acids is 1. The molecular weight excluding hydrogens is 268 g/mol. The first kappa shape index (κ1) is 13.1. The lowest BCUT2D eigenvalue weighted by molar-refractivity contribution is 0.102. The molecule has 1 aromatic heterocycles. The van der Waals surface area contributed by atoms with E-state index in [1.807, 2.05) is 37.4 Å². The number of thiazole rings is 1. The van der Waals surface area contributed by atoms with Gasteiger partial charge in [-0.1, -0.05) is 6.07 Å². The van der Waals surface area contributed by atoms with Gasteiger partial charge in [0, 0.05) is 10.9 Å². The Morgan fingerprint density at radius 3 is 2.78 bits per heavy atom. The van der Waals surface area contributed by atoms with E-state index < -0.39 is 0 Å². The molecule has 0 saturated carbocycles. The monoisotopic (exact) mass is 280 g/mol. The van der Waals surface area contributed by atoms with Crippen LogP contribution in [0.5, 0.6) is 0 Å². The van der Waals surface area contributed by atoms with E-state index in [0.717, 1.165) is 11.3 Å². The quantitative estimate of drug-likeness (QED) is 0.870. The number of carbonyl (C=O) groups is 1. The number of rotatable bonds is 3. The van der Waals surface area contributed by atoms with Crippen molar-refractivity contribution >= 4 is 34.0 Å². The number of amides is 1. The van der Waals surface area contributed by atoms with Gasteiger partial charge in [-0.3, -0.25) is 10.1 Å². The van der Waals surface area contributed by atoms with Gasteiger partial charge in [-0.05, 0) is 37.1 Å². The Kier molecular flexibility index (Phi) is 3.99. The van der Waals surface area contributed by atoms with E-state index in [-0.39, 0.29) is 5.91 Å². The highest BCUT2D eigenvalue weighted by Gasteiger charge is 2.09. The largest absolute Gasteiger partial charge is 0.298 e. The van der Waals surface area contributed by atoms with Crippen molar-refractivity contribution in [2.24, 2.45) is 0 Å². The SMILES string of the molecule is Cc1ccc(C(=O)Nc2nc(CCl)cs2)cc1C. The van der Waals surface area contributed by atoms with Crippen LogP contribution in [0.1, 0.15) is 27.2 Å². The molecule has 0 aliphatic rings. The van der Waals surface area contributed by atoms with Crippen molar-refractivity contribution in [3.8, 4) is 0 Å². The third kappa shape index (κ3) is 2.89. The number of alkyl halides is 1. The summed E-state index contributed by atoms with van der Waals surface area (Å²) in [4.78, 5) is 16.2. The summed E-state index contributed by atoms with van der Waals surface area (Å²) in [5.41, 5.74) is 3.69. The molecule has 0 aliphatic carbocycles. The second-order valence-electron chi connectivity index (χ2n) is 4.03. The molecule has 0 bridgehead atoms. The average molecular weight is 281 g/mol. The number of nitrogens with zero attached hydrogens (tertiary/aromatic N) is 1. The third-order valence-electron chi connectivity index (χ3n) is 2.68.